The smallest absolute Gasteiger partial charge is 0.371 e. The lowest BCUT2D eigenvalue weighted by Gasteiger charge is -2.15. The molecule has 0 aliphatic carbocycles. The second kappa shape index (κ2) is 4.75. The highest BCUT2D eigenvalue weighted by Crippen LogP contribution is 2.16. The first kappa shape index (κ1) is 11.9. The zero-order valence-electron chi connectivity index (χ0n) is 9.66. The average molecular weight is 245 g/mol. The second-order valence-electron chi connectivity index (χ2n) is 3.67. The summed E-state index contributed by atoms with van der Waals surface area (Å²) in [6, 6.07) is 11.6. The van der Waals surface area contributed by atoms with E-state index < -0.39 is 11.9 Å². The van der Waals surface area contributed by atoms with Crippen LogP contribution in [0.25, 0.3) is 0 Å². The van der Waals surface area contributed by atoms with Gasteiger partial charge in [0.25, 0.3) is 5.91 Å². The van der Waals surface area contributed by atoms with Gasteiger partial charge in [-0.3, -0.25) is 4.79 Å². The molecule has 0 radical (unpaired) electrons. The highest BCUT2D eigenvalue weighted by atomic mass is 16.4. The maximum atomic E-state index is 12.0. The number of amides is 1. The average Bonchev–Trinajstić information content (AvgIpc) is 2.88. The van der Waals surface area contributed by atoms with E-state index in [9.17, 15) is 9.59 Å². The SMILES string of the molecule is CN(C(=O)c1ccc(C(=O)O)o1)c1ccccc1. The molecule has 0 bridgehead atoms. The van der Waals surface area contributed by atoms with E-state index in [1.54, 1.807) is 19.2 Å². The molecule has 0 aliphatic heterocycles. The number of carbonyl (C=O) groups is 2. The Kier molecular flexibility index (Phi) is 3.14. The number of benzene rings is 1. The molecule has 0 fully saturated rings. The van der Waals surface area contributed by atoms with Crippen LogP contribution in [0.3, 0.4) is 0 Å². The van der Waals surface area contributed by atoms with Crippen LogP contribution in [-0.4, -0.2) is 24.0 Å². The van der Waals surface area contributed by atoms with Gasteiger partial charge in [0, 0.05) is 12.7 Å². The molecule has 92 valence electrons. The van der Waals surface area contributed by atoms with Gasteiger partial charge in [-0.15, -0.1) is 0 Å². The number of rotatable bonds is 3. The van der Waals surface area contributed by atoms with Gasteiger partial charge in [-0.2, -0.15) is 0 Å². The van der Waals surface area contributed by atoms with E-state index >= 15 is 0 Å². The number of nitrogens with zero attached hydrogens (tertiary/aromatic N) is 1. The van der Waals surface area contributed by atoms with Crippen molar-refractivity contribution in [1.82, 2.24) is 0 Å². The fourth-order valence-electron chi connectivity index (χ4n) is 1.50. The largest absolute Gasteiger partial charge is 0.475 e. The molecular weight excluding hydrogens is 234 g/mol. The van der Waals surface area contributed by atoms with E-state index in [2.05, 4.69) is 0 Å². The molecule has 1 N–H and O–H groups in total. The summed E-state index contributed by atoms with van der Waals surface area (Å²) in [6.07, 6.45) is 0. The van der Waals surface area contributed by atoms with Crippen LogP contribution in [0.2, 0.25) is 0 Å². The maximum Gasteiger partial charge on any atom is 0.371 e. The summed E-state index contributed by atoms with van der Waals surface area (Å²) in [4.78, 5) is 24.1. The van der Waals surface area contributed by atoms with Crippen molar-refractivity contribution in [2.75, 3.05) is 11.9 Å². The lowest BCUT2D eigenvalue weighted by atomic mass is 10.3. The number of para-hydroxylation sites is 1. The Morgan fingerprint density at radius 2 is 1.67 bits per heavy atom. The second-order valence-corrected chi connectivity index (χ2v) is 3.67. The Labute approximate surface area is 103 Å². The third-order valence-electron chi connectivity index (χ3n) is 2.48. The van der Waals surface area contributed by atoms with E-state index in [0.717, 1.165) is 0 Å². The lowest BCUT2D eigenvalue weighted by Crippen LogP contribution is -2.25. The van der Waals surface area contributed by atoms with Crippen molar-refractivity contribution in [3.8, 4) is 0 Å². The molecule has 0 saturated carbocycles. The predicted molar refractivity (Wildman–Crippen MR) is 64.8 cm³/mol. The molecule has 1 amide bonds. The van der Waals surface area contributed by atoms with Crippen molar-refractivity contribution in [2.24, 2.45) is 0 Å². The molecule has 0 saturated heterocycles. The van der Waals surface area contributed by atoms with Crippen LogP contribution in [0.1, 0.15) is 21.1 Å². The molecule has 0 spiro atoms. The number of anilines is 1. The van der Waals surface area contributed by atoms with Gasteiger partial charge >= 0.3 is 5.97 Å². The minimum Gasteiger partial charge on any atom is -0.475 e. The summed E-state index contributed by atoms with van der Waals surface area (Å²) >= 11 is 0. The Bertz CT molecular complexity index is 574. The standard InChI is InChI=1S/C13H11NO4/c1-14(9-5-3-2-4-6-9)12(15)10-7-8-11(18-10)13(16)17/h2-8H,1H3,(H,16,17). The number of aromatic carboxylic acids is 1. The third kappa shape index (κ3) is 2.24. The molecule has 2 aromatic rings. The molecule has 1 aromatic heterocycles. The maximum absolute atomic E-state index is 12.0. The zero-order chi connectivity index (χ0) is 13.1. The fourth-order valence-corrected chi connectivity index (χ4v) is 1.50. The van der Waals surface area contributed by atoms with Gasteiger partial charge in [-0.1, -0.05) is 18.2 Å². The van der Waals surface area contributed by atoms with Crippen LogP contribution < -0.4 is 4.90 Å². The minimum atomic E-state index is -1.20. The van der Waals surface area contributed by atoms with Crippen molar-refractivity contribution < 1.29 is 19.1 Å². The molecule has 5 heteroatoms. The van der Waals surface area contributed by atoms with E-state index in [1.165, 1.54) is 17.0 Å². The normalized spacial score (nSPS) is 10.1. The first-order chi connectivity index (χ1) is 8.59. The topological polar surface area (TPSA) is 70.8 Å². The summed E-state index contributed by atoms with van der Waals surface area (Å²) in [6.45, 7) is 0. The number of hydrogen-bond donors (Lipinski definition) is 1. The van der Waals surface area contributed by atoms with Crippen molar-refractivity contribution in [1.29, 1.82) is 0 Å². The molecule has 2 rings (SSSR count). The quantitative estimate of drug-likeness (QED) is 0.900. The number of carboxylic acids is 1. The Morgan fingerprint density at radius 1 is 1.06 bits per heavy atom. The van der Waals surface area contributed by atoms with Crippen LogP contribution in [0, 0.1) is 0 Å². The summed E-state index contributed by atoms with van der Waals surface area (Å²) < 4.78 is 4.96. The summed E-state index contributed by atoms with van der Waals surface area (Å²) in [5.74, 6) is -1.84. The van der Waals surface area contributed by atoms with E-state index in [0.29, 0.717) is 5.69 Å². The van der Waals surface area contributed by atoms with Crippen LogP contribution in [0.5, 0.6) is 0 Å². The summed E-state index contributed by atoms with van der Waals surface area (Å²) in [5.41, 5.74) is 0.704. The number of furan rings is 1. The summed E-state index contributed by atoms with van der Waals surface area (Å²) in [5, 5.41) is 8.72. The van der Waals surface area contributed by atoms with Gasteiger partial charge in [-0.05, 0) is 24.3 Å². The molecule has 5 nitrogen and oxygen atoms in total. The van der Waals surface area contributed by atoms with Crippen molar-refractivity contribution in [3.05, 3.63) is 54.0 Å². The fraction of sp³-hybridized carbons (Fsp3) is 0.0769. The van der Waals surface area contributed by atoms with Crippen LogP contribution in [0.4, 0.5) is 5.69 Å². The zero-order valence-corrected chi connectivity index (χ0v) is 9.66. The molecular formula is C13H11NO4. The van der Waals surface area contributed by atoms with Gasteiger partial charge < -0.3 is 14.4 Å². The summed E-state index contributed by atoms with van der Waals surface area (Å²) in [7, 11) is 1.60. The molecule has 0 aliphatic rings. The molecule has 1 heterocycles. The van der Waals surface area contributed by atoms with Crippen LogP contribution in [-0.2, 0) is 0 Å². The Hall–Kier alpha value is -2.56. The lowest BCUT2D eigenvalue weighted by molar-refractivity contribution is 0.0660. The Balaban J connectivity index is 2.23. The minimum absolute atomic E-state index is 0.00115. The van der Waals surface area contributed by atoms with Crippen molar-refractivity contribution >= 4 is 17.6 Å². The van der Waals surface area contributed by atoms with Crippen molar-refractivity contribution in [2.45, 2.75) is 0 Å². The predicted octanol–water partition coefficient (Wildman–Crippen LogP) is 2.25. The molecule has 18 heavy (non-hydrogen) atoms. The number of hydrogen-bond acceptors (Lipinski definition) is 3. The van der Waals surface area contributed by atoms with E-state index in [4.69, 9.17) is 9.52 Å². The first-order valence-electron chi connectivity index (χ1n) is 5.26. The first-order valence-corrected chi connectivity index (χ1v) is 5.26. The van der Waals surface area contributed by atoms with Crippen LogP contribution in [0.15, 0.2) is 46.9 Å². The van der Waals surface area contributed by atoms with Crippen molar-refractivity contribution in [3.63, 3.8) is 0 Å². The number of carboxylic acid groups (broad SMARTS) is 1. The highest BCUT2D eigenvalue weighted by molar-refractivity contribution is 6.04. The third-order valence-corrected chi connectivity index (χ3v) is 2.48. The van der Waals surface area contributed by atoms with Gasteiger partial charge in [-0.25, -0.2) is 4.79 Å². The van der Waals surface area contributed by atoms with Gasteiger partial charge in [0.2, 0.25) is 5.76 Å². The Morgan fingerprint density at radius 3 is 2.22 bits per heavy atom. The molecule has 1 aromatic carbocycles. The van der Waals surface area contributed by atoms with E-state index in [-0.39, 0.29) is 11.5 Å². The van der Waals surface area contributed by atoms with Crippen LogP contribution >= 0.6 is 0 Å². The molecule has 0 unspecified atom stereocenters. The monoisotopic (exact) mass is 245 g/mol. The molecule has 0 atom stereocenters. The van der Waals surface area contributed by atoms with Gasteiger partial charge in [0.1, 0.15) is 0 Å². The van der Waals surface area contributed by atoms with E-state index in [1.807, 2.05) is 18.2 Å². The van der Waals surface area contributed by atoms with Gasteiger partial charge in [0.15, 0.2) is 5.76 Å². The number of carbonyl (C=O) groups excluding carboxylic acids is 1. The highest BCUT2D eigenvalue weighted by Gasteiger charge is 2.19. The van der Waals surface area contributed by atoms with Gasteiger partial charge in [0.05, 0.1) is 0 Å².